The molecule has 0 atom stereocenters. The molecular weight excluding hydrogens is 172 g/mol. The van der Waals surface area contributed by atoms with Crippen LogP contribution in [-0.2, 0) is 6.42 Å². The van der Waals surface area contributed by atoms with Crippen LogP contribution in [0.2, 0.25) is 0 Å². The fourth-order valence-corrected chi connectivity index (χ4v) is 0.970. The Morgan fingerprint density at radius 3 is 3.00 bits per heavy atom. The van der Waals surface area contributed by atoms with Crippen LogP contribution in [0.5, 0.6) is 0 Å². The molecule has 0 bridgehead atoms. The second kappa shape index (κ2) is 4.11. The quantitative estimate of drug-likeness (QED) is 0.688. The highest BCUT2D eigenvalue weighted by Gasteiger charge is 1.97. The fraction of sp³-hybridized carbons (Fsp3) is 0.250. The van der Waals surface area contributed by atoms with Crippen molar-refractivity contribution in [3.63, 3.8) is 0 Å². The number of pyridine rings is 1. The maximum absolute atomic E-state index is 10.5. The standard InChI is InChI=1S/C8H10N2OS/c1-2-6-4-3-5-7(9-6)10-8(11)12/h3-5H,2H2,1H3,(H2,9,10,11,12). The molecule has 4 heteroatoms. The number of anilines is 1. The largest absolute Gasteiger partial charge is 0.302 e. The van der Waals surface area contributed by atoms with Crippen molar-refractivity contribution in [2.75, 3.05) is 5.32 Å². The number of hydrogen-bond acceptors (Lipinski definition) is 2. The lowest BCUT2D eigenvalue weighted by atomic mass is 10.3. The number of aromatic nitrogens is 1. The summed E-state index contributed by atoms with van der Waals surface area (Å²) in [5, 5.41) is 2.10. The van der Waals surface area contributed by atoms with E-state index in [1.165, 1.54) is 0 Å². The van der Waals surface area contributed by atoms with Crippen LogP contribution >= 0.6 is 12.6 Å². The molecule has 0 radical (unpaired) electrons. The minimum Gasteiger partial charge on any atom is -0.302 e. The second-order valence-corrected chi connectivity index (χ2v) is 2.70. The maximum Gasteiger partial charge on any atom is 0.281 e. The smallest absolute Gasteiger partial charge is 0.281 e. The molecule has 1 heterocycles. The highest BCUT2D eigenvalue weighted by Crippen LogP contribution is 2.05. The first-order valence-electron chi connectivity index (χ1n) is 3.68. The third-order valence-electron chi connectivity index (χ3n) is 1.40. The zero-order valence-electron chi connectivity index (χ0n) is 6.74. The molecule has 0 aliphatic carbocycles. The van der Waals surface area contributed by atoms with Crippen LogP contribution in [0, 0.1) is 0 Å². The normalized spacial score (nSPS) is 9.50. The molecule has 0 saturated heterocycles. The number of carbonyl (C=O) groups excluding carboxylic acids is 1. The van der Waals surface area contributed by atoms with Crippen LogP contribution in [-0.4, -0.2) is 10.2 Å². The number of hydrogen-bond donors (Lipinski definition) is 2. The Labute approximate surface area is 76.6 Å². The Hall–Kier alpha value is -1.03. The summed E-state index contributed by atoms with van der Waals surface area (Å²) in [6, 6.07) is 5.49. The predicted octanol–water partition coefficient (Wildman–Crippen LogP) is 2.11. The van der Waals surface area contributed by atoms with E-state index >= 15 is 0 Å². The van der Waals surface area contributed by atoms with Gasteiger partial charge in [0.25, 0.3) is 5.24 Å². The lowest BCUT2D eigenvalue weighted by Crippen LogP contribution is -2.03. The van der Waals surface area contributed by atoms with Crippen molar-refractivity contribution in [2.45, 2.75) is 13.3 Å². The number of aryl methyl sites for hydroxylation is 1. The van der Waals surface area contributed by atoms with Gasteiger partial charge in [0, 0.05) is 5.69 Å². The Morgan fingerprint density at radius 2 is 2.42 bits per heavy atom. The Bertz CT molecular complexity index is 288. The van der Waals surface area contributed by atoms with Crippen LogP contribution in [0.3, 0.4) is 0 Å². The molecule has 1 amide bonds. The van der Waals surface area contributed by atoms with Gasteiger partial charge in [-0.15, -0.1) is 0 Å². The molecule has 1 aromatic rings. The summed E-state index contributed by atoms with van der Waals surface area (Å²) in [5.41, 5.74) is 0.953. The van der Waals surface area contributed by atoms with Crippen LogP contribution in [0.1, 0.15) is 12.6 Å². The van der Waals surface area contributed by atoms with Gasteiger partial charge in [-0.25, -0.2) is 4.98 Å². The van der Waals surface area contributed by atoms with Gasteiger partial charge in [-0.3, -0.25) is 4.79 Å². The molecule has 12 heavy (non-hydrogen) atoms. The average Bonchev–Trinajstić information content (AvgIpc) is 2.03. The van der Waals surface area contributed by atoms with Crippen LogP contribution < -0.4 is 5.32 Å². The van der Waals surface area contributed by atoms with E-state index < -0.39 is 5.24 Å². The Balaban J connectivity index is 2.79. The lowest BCUT2D eigenvalue weighted by Gasteiger charge is -2.01. The number of carbonyl (C=O) groups is 1. The molecule has 0 aliphatic rings. The van der Waals surface area contributed by atoms with E-state index in [2.05, 4.69) is 22.9 Å². The predicted molar refractivity (Wildman–Crippen MR) is 51.6 cm³/mol. The molecule has 1 N–H and O–H groups in total. The van der Waals surface area contributed by atoms with Gasteiger partial charge in [-0.05, 0) is 18.6 Å². The van der Waals surface area contributed by atoms with Gasteiger partial charge in [0.1, 0.15) is 5.82 Å². The van der Waals surface area contributed by atoms with E-state index in [-0.39, 0.29) is 0 Å². The van der Waals surface area contributed by atoms with E-state index in [4.69, 9.17) is 0 Å². The monoisotopic (exact) mass is 182 g/mol. The van der Waals surface area contributed by atoms with Crippen molar-refractivity contribution in [3.05, 3.63) is 23.9 Å². The van der Waals surface area contributed by atoms with Crippen molar-refractivity contribution < 1.29 is 4.79 Å². The molecule has 64 valence electrons. The number of nitrogens with one attached hydrogen (secondary N) is 1. The van der Waals surface area contributed by atoms with Gasteiger partial charge in [0.2, 0.25) is 0 Å². The minimum atomic E-state index is -0.393. The topological polar surface area (TPSA) is 42.0 Å². The highest BCUT2D eigenvalue weighted by molar-refractivity contribution is 7.96. The van der Waals surface area contributed by atoms with Gasteiger partial charge in [-0.2, -0.15) is 0 Å². The van der Waals surface area contributed by atoms with Crippen LogP contribution in [0.4, 0.5) is 10.6 Å². The molecule has 0 spiro atoms. The zero-order chi connectivity index (χ0) is 8.97. The molecular formula is C8H10N2OS. The van der Waals surface area contributed by atoms with Gasteiger partial charge in [0.15, 0.2) is 0 Å². The maximum atomic E-state index is 10.5. The molecule has 0 aliphatic heterocycles. The third kappa shape index (κ3) is 2.54. The molecule has 1 aromatic heterocycles. The van der Waals surface area contributed by atoms with Crippen molar-refractivity contribution in [2.24, 2.45) is 0 Å². The number of nitrogens with zero attached hydrogens (tertiary/aromatic N) is 1. The molecule has 0 unspecified atom stereocenters. The summed E-state index contributed by atoms with van der Waals surface area (Å²) >= 11 is 3.58. The molecule has 0 saturated carbocycles. The van der Waals surface area contributed by atoms with E-state index in [1.807, 2.05) is 19.1 Å². The number of rotatable bonds is 2. The molecule has 0 fully saturated rings. The first-order valence-corrected chi connectivity index (χ1v) is 4.13. The third-order valence-corrected chi connectivity index (χ3v) is 1.52. The van der Waals surface area contributed by atoms with E-state index in [0.717, 1.165) is 12.1 Å². The Morgan fingerprint density at radius 1 is 1.67 bits per heavy atom. The first-order chi connectivity index (χ1) is 5.72. The molecule has 3 nitrogen and oxygen atoms in total. The molecule has 1 rings (SSSR count). The minimum absolute atomic E-state index is 0.393. The number of thiol groups is 1. The van der Waals surface area contributed by atoms with Crippen molar-refractivity contribution in [3.8, 4) is 0 Å². The number of amides is 1. The van der Waals surface area contributed by atoms with Crippen molar-refractivity contribution in [1.82, 2.24) is 4.98 Å². The van der Waals surface area contributed by atoms with E-state index in [0.29, 0.717) is 5.82 Å². The lowest BCUT2D eigenvalue weighted by molar-refractivity contribution is 0.270. The Kier molecular flexibility index (Phi) is 3.10. The summed E-state index contributed by atoms with van der Waals surface area (Å²) in [7, 11) is 0. The highest BCUT2D eigenvalue weighted by atomic mass is 32.1. The van der Waals surface area contributed by atoms with Crippen LogP contribution in [0.15, 0.2) is 18.2 Å². The average molecular weight is 182 g/mol. The summed E-state index contributed by atoms with van der Waals surface area (Å²) < 4.78 is 0. The first kappa shape index (κ1) is 9.06. The summed E-state index contributed by atoms with van der Waals surface area (Å²) in [6.45, 7) is 2.01. The molecule has 0 aromatic carbocycles. The fourth-order valence-electron chi connectivity index (χ4n) is 0.856. The summed E-state index contributed by atoms with van der Waals surface area (Å²) in [6.07, 6.45) is 0.857. The SMILES string of the molecule is CCc1cccc(NC(=O)S)n1. The zero-order valence-corrected chi connectivity index (χ0v) is 7.64. The second-order valence-electron chi connectivity index (χ2n) is 2.30. The van der Waals surface area contributed by atoms with E-state index in [1.54, 1.807) is 6.07 Å². The van der Waals surface area contributed by atoms with Crippen molar-refractivity contribution in [1.29, 1.82) is 0 Å². The van der Waals surface area contributed by atoms with Gasteiger partial charge < -0.3 is 5.32 Å². The van der Waals surface area contributed by atoms with Gasteiger partial charge >= 0.3 is 0 Å². The van der Waals surface area contributed by atoms with Gasteiger partial charge in [0.05, 0.1) is 0 Å². The van der Waals surface area contributed by atoms with Gasteiger partial charge in [-0.1, -0.05) is 25.6 Å². The summed E-state index contributed by atoms with van der Waals surface area (Å²) in [5.74, 6) is 0.550. The van der Waals surface area contributed by atoms with Crippen LogP contribution in [0.25, 0.3) is 0 Å². The van der Waals surface area contributed by atoms with Crippen molar-refractivity contribution >= 4 is 23.7 Å². The van der Waals surface area contributed by atoms with E-state index in [9.17, 15) is 4.79 Å². The summed E-state index contributed by atoms with van der Waals surface area (Å²) in [4.78, 5) is 14.7.